The van der Waals surface area contributed by atoms with E-state index in [-0.39, 0.29) is 17.0 Å². The molecule has 0 bridgehead atoms. The van der Waals surface area contributed by atoms with Crippen molar-refractivity contribution in [1.82, 2.24) is 30.3 Å². The summed E-state index contributed by atoms with van der Waals surface area (Å²) in [5.74, 6) is -0.568. The van der Waals surface area contributed by atoms with Crippen LogP contribution in [-0.2, 0) is 13.0 Å². The SMILES string of the molecule is O=C(NCCc1ccccc1Cl)c1nc2c(nnn2Cc2ccccc2)c(=O)[nH]1. The van der Waals surface area contributed by atoms with Gasteiger partial charge in [0.05, 0.1) is 6.54 Å². The van der Waals surface area contributed by atoms with Crippen LogP contribution < -0.4 is 10.9 Å². The predicted molar refractivity (Wildman–Crippen MR) is 109 cm³/mol. The Morgan fingerprint density at radius 1 is 1.10 bits per heavy atom. The number of H-pyrrole nitrogens is 1. The molecular formula is C20H17ClN6O2. The van der Waals surface area contributed by atoms with Crippen LogP contribution in [0, 0.1) is 0 Å². The van der Waals surface area contributed by atoms with Gasteiger partial charge in [0.1, 0.15) is 0 Å². The lowest BCUT2D eigenvalue weighted by Gasteiger charge is -2.07. The van der Waals surface area contributed by atoms with E-state index in [0.717, 1.165) is 11.1 Å². The smallest absolute Gasteiger partial charge is 0.287 e. The fraction of sp³-hybridized carbons (Fsp3) is 0.150. The van der Waals surface area contributed by atoms with E-state index in [1.165, 1.54) is 4.68 Å². The molecule has 9 heteroatoms. The van der Waals surface area contributed by atoms with E-state index >= 15 is 0 Å². The Balaban J connectivity index is 1.52. The number of halogens is 1. The molecule has 0 aliphatic heterocycles. The number of aromatic nitrogens is 5. The van der Waals surface area contributed by atoms with Gasteiger partial charge in [0, 0.05) is 11.6 Å². The van der Waals surface area contributed by atoms with Gasteiger partial charge in [-0.1, -0.05) is 65.3 Å². The van der Waals surface area contributed by atoms with Crippen molar-refractivity contribution < 1.29 is 4.79 Å². The van der Waals surface area contributed by atoms with Crippen molar-refractivity contribution in [3.63, 3.8) is 0 Å². The molecule has 29 heavy (non-hydrogen) atoms. The summed E-state index contributed by atoms with van der Waals surface area (Å²) < 4.78 is 1.50. The Kier molecular flexibility index (Phi) is 5.35. The third kappa shape index (κ3) is 4.17. The fourth-order valence-electron chi connectivity index (χ4n) is 2.93. The maximum Gasteiger partial charge on any atom is 0.287 e. The topological polar surface area (TPSA) is 106 Å². The second-order valence-electron chi connectivity index (χ2n) is 6.42. The molecule has 2 aromatic heterocycles. The van der Waals surface area contributed by atoms with Crippen LogP contribution in [0.25, 0.3) is 11.2 Å². The minimum atomic E-state index is -0.509. The highest BCUT2D eigenvalue weighted by atomic mass is 35.5. The molecule has 0 saturated carbocycles. The Morgan fingerprint density at radius 2 is 1.86 bits per heavy atom. The number of nitrogens with one attached hydrogen (secondary N) is 2. The van der Waals surface area contributed by atoms with E-state index < -0.39 is 11.5 Å². The summed E-state index contributed by atoms with van der Waals surface area (Å²) >= 11 is 6.12. The Bertz CT molecular complexity index is 1220. The summed E-state index contributed by atoms with van der Waals surface area (Å²) in [6, 6.07) is 17.0. The fourth-order valence-corrected chi connectivity index (χ4v) is 3.16. The van der Waals surface area contributed by atoms with Gasteiger partial charge < -0.3 is 10.3 Å². The van der Waals surface area contributed by atoms with Crippen LogP contribution in [0.2, 0.25) is 5.02 Å². The molecular weight excluding hydrogens is 392 g/mol. The molecule has 8 nitrogen and oxygen atoms in total. The van der Waals surface area contributed by atoms with Crippen molar-refractivity contribution in [2.24, 2.45) is 0 Å². The average Bonchev–Trinajstić information content (AvgIpc) is 3.13. The highest BCUT2D eigenvalue weighted by molar-refractivity contribution is 6.31. The van der Waals surface area contributed by atoms with Gasteiger partial charge in [-0.2, -0.15) is 0 Å². The average molecular weight is 409 g/mol. The molecule has 146 valence electrons. The van der Waals surface area contributed by atoms with E-state index in [0.29, 0.717) is 24.5 Å². The maximum atomic E-state index is 12.5. The van der Waals surface area contributed by atoms with E-state index in [1.807, 2.05) is 48.5 Å². The van der Waals surface area contributed by atoms with Gasteiger partial charge in [-0.15, -0.1) is 5.10 Å². The Hall–Kier alpha value is -3.52. The predicted octanol–water partition coefficient (Wildman–Crippen LogP) is 2.19. The molecule has 2 heterocycles. The van der Waals surface area contributed by atoms with Gasteiger partial charge in [-0.3, -0.25) is 9.59 Å². The summed E-state index contributed by atoms with van der Waals surface area (Å²) in [5, 5.41) is 11.3. The maximum absolute atomic E-state index is 12.5. The number of nitrogens with zero attached hydrogens (tertiary/aromatic N) is 4. The second-order valence-corrected chi connectivity index (χ2v) is 6.82. The zero-order valence-corrected chi connectivity index (χ0v) is 16.1. The zero-order valence-electron chi connectivity index (χ0n) is 15.3. The van der Waals surface area contributed by atoms with E-state index in [1.54, 1.807) is 6.07 Å². The standard InChI is InChI=1S/C20H17ClN6O2/c21-15-9-5-4-8-14(15)10-11-22-20(29)17-23-18-16(19(28)24-17)25-26-27(18)12-13-6-2-1-3-7-13/h1-9H,10-12H2,(H,22,29)(H,23,24,28). The number of fused-ring (bicyclic) bond motifs is 1. The number of amides is 1. The lowest BCUT2D eigenvalue weighted by molar-refractivity contribution is 0.0943. The van der Waals surface area contributed by atoms with Gasteiger partial charge >= 0.3 is 0 Å². The summed E-state index contributed by atoms with van der Waals surface area (Å²) in [5.41, 5.74) is 1.75. The van der Waals surface area contributed by atoms with Crippen molar-refractivity contribution in [2.75, 3.05) is 6.54 Å². The van der Waals surface area contributed by atoms with Crippen molar-refractivity contribution in [1.29, 1.82) is 0 Å². The van der Waals surface area contributed by atoms with Gasteiger partial charge in [0.25, 0.3) is 11.5 Å². The van der Waals surface area contributed by atoms with Gasteiger partial charge in [-0.25, -0.2) is 9.67 Å². The number of carbonyl (C=O) groups is 1. The lowest BCUT2D eigenvalue weighted by Crippen LogP contribution is -2.29. The molecule has 0 spiro atoms. The molecule has 4 rings (SSSR count). The van der Waals surface area contributed by atoms with E-state index in [4.69, 9.17) is 11.6 Å². The summed E-state index contributed by atoms with van der Waals surface area (Å²) in [4.78, 5) is 31.5. The molecule has 0 saturated heterocycles. The van der Waals surface area contributed by atoms with Crippen LogP contribution in [0.5, 0.6) is 0 Å². The number of benzene rings is 2. The lowest BCUT2D eigenvalue weighted by atomic mass is 10.1. The van der Waals surface area contributed by atoms with Crippen molar-refractivity contribution in [2.45, 2.75) is 13.0 Å². The number of aromatic amines is 1. The van der Waals surface area contributed by atoms with E-state index in [9.17, 15) is 9.59 Å². The van der Waals surface area contributed by atoms with Crippen molar-refractivity contribution >= 4 is 28.7 Å². The van der Waals surface area contributed by atoms with Crippen LogP contribution in [0.1, 0.15) is 21.7 Å². The molecule has 0 aliphatic carbocycles. The van der Waals surface area contributed by atoms with Crippen LogP contribution in [0.15, 0.2) is 59.4 Å². The van der Waals surface area contributed by atoms with Crippen molar-refractivity contribution in [3.8, 4) is 0 Å². The minimum Gasteiger partial charge on any atom is -0.349 e. The van der Waals surface area contributed by atoms with E-state index in [2.05, 4.69) is 25.6 Å². The normalized spacial score (nSPS) is 10.9. The molecule has 1 amide bonds. The molecule has 0 fully saturated rings. The first-order valence-corrected chi connectivity index (χ1v) is 9.38. The quantitative estimate of drug-likeness (QED) is 0.508. The monoisotopic (exact) mass is 408 g/mol. The van der Waals surface area contributed by atoms with Crippen LogP contribution in [0.3, 0.4) is 0 Å². The van der Waals surface area contributed by atoms with Crippen molar-refractivity contribution in [3.05, 3.63) is 86.9 Å². The number of hydrogen-bond donors (Lipinski definition) is 2. The van der Waals surface area contributed by atoms with Crippen LogP contribution in [0.4, 0.5) is 0 Å². The highest BCUT2D eigenvalue weighted by Crippen LogP contribution is 2.15. The molecule has 4 aromatic rings. The summed E-state index contributed by atoms with van der Waals surface area (Å²) in [7, 11) is 0. The summed E-state index contributed by atoms with van der Waals surface area (Å²) in [6.07, 6.45) is 0.561. The first kappa shape index (κ1) is 18.8. The highest BCUT2D eigenvalue weighted by Gasteiger charge is 2.16. The third-order valence-corrected chi connectivity index (χ3v) is 4.77. The first-order valence-electron chi connectivity index (χ1n) is 9.01. The second kappa shape index (κ2) is 8.24. The van der Waals surface area contributed by atoms with Crippen LogP contribution in [-0.4, -0.2) is 37.4 Å². The number of carbonyl (C=O) groups excluding carboxylic acids is 1. The van der Waals surface area contributed by atoms with Gasteiger partial charge in [0.15, 0.2) is 11.2 Å². The Morgan fingerprint density at radius 3 is 2.66 bits per heavy atom. The van der Waals surface area contributed by atoms with Crippen LogP contribution >= 0.6 is 11.6 Å². The van der Waals surface area contributed by atoms with Gasteiger partial charge in [-0.05, 0) is 23.6 Å². The molecule has 0 aliphatic rings. The zero-order chi connectivity index (χ0) is 20.2. The summed E-state index contributed by atoms with van der Waals surface area (Å²) in [6.45, 7) is 0.743. The molecule has 2 aromatic carbocycles. The molecule has 0 radical (unpaired) electrons. The first-order chi connectivity index (χ1) is 14.1. The molecule has 2 N–H and O–H groups in total. The molecule has 0 unspecified atom stereocenters. The number of hydrogen-bond acceptors (Lipinski definition) is 5. The van der Waals surface area contributed by atoms with Gasteiger partial charge in [0.2, 0.25) is 5.82 Å². The molecule has 0 atom stereocenters. The minimum absolute atomic E-state index is 0.0849. The number of rotatable bonds is 6. The Labute approximate surface area is 170 Å². The largest absolute Gasteiger partial charge is 0.349 e. The third-order valence-electron chi connectivity index (χ3n) is 4.40.